The third-order valence-corrected chi connectivity index (χ3v) is 2.64. The maximum absolute atomic E-state index is 5.36. The Balaban J connectivity index is 1.90. The quantitative estimate of drug-likeness (QED) is 0.804. The molecule has 0 amide bonds. The summed E-state index contributed by atoms with van der Waals surface area (Å²) >= 11 is 0. The van der Waals surface area contributed by atoms with Gasteiger partial charge in [0.15, 0.2) is 0 Å². The molecular formula is C12H12N2O. The molecule has 1 aromatic heterocycles. The van der Waals surface area contributed by atoms with Crippen molar-refractivity contribution in [3.63, 3.8) is 0 Å². The van der Waals surface area contributed by atoms with Gasteiger partial charge in [-0.25, -0.2) is 0 Å². The average Bonchev–Trinajstić information content (AvgIpc) is 2.87. The topological polar surface area (TPSA) is 37.5 Å². The first kappa shape index (κ1) is 8.53. The summed E-state index contributed by atoms with van der Waals surface area (Å²) in [7, 11) is 0. The van der Waals surface area contributed by atoms with Crippen LogP contribution in [0.2, 0.25) is 0 Å². The third kappa shape index (κ3) is 1.61. The van der Waals surface area contributed by atoms with Gasteiger partial charge in [0.25, 0.3) is 0 Å². The van der Waals surface area contributed by atoms with Crippen molar-refractivity contribution in [3.05, 3.63) is 36.1 Å². The molecule has 76 valence electrons. The summed E-state index contributed by atoms with van der Waals surface area (Å²) in [4.78, 5) is 4.37. The molecule has 0 saturated heterocycles. The van der Waals surface area contributed by atoms with Crippen LogP contribution < -0.4 is 5.32 Å². The highest BCUT2D eigenvalue weighted by atomic mass is 16.3. The summed E-state index contributed by atoms with van der Waals surface area (Å²) in [6.45, 7) is 1.87. The van der Waals surface area contributed by atoms with Gasteiger partial charge in [-0.1, -0.05) is 12.1 Å². The van der Waals surface area contributed by atoms with Crippen LogP contribution in [0.5, 0.6) is 0 Å². The first-order valence-electron chi connectivity index (χ1n) is 5.15. The number of nitrogens with one attached hydrogen (secondary N) is 1. The van der Waals surface area contributed by atoms with E-state index in [1.807, 2.05) is 6.07 Å². The van der Waals surface area contributed by atoms with E-state index in [4.69, 9.17) is 4.42 Å². The summed E-state index contributed by atoms with van der Waals surface area (Å²) < 4.78 is 5.36. The molecule has 0 radical (unpaired) electrons. The van der Waals surface area contributed by atoms with Gasteiger partial charge in [0.05, 0.1) is 12.8 Å². The van der Waals surface area contributed by atoms with Crippen molar-refractivity contribution in [2.24, 2.45) is 4.99 Å². The highest BCUT2D eigenvalue weighted by Crippen LogP contribution is 2.17. The number of rotatable bonds is 2. The number of hydrogen-bond acceptors (Lipinski definition) is 3. The van der Waals surface area contributed by atoms with E-state index in [1.54, 1.807) is 6.26 Å². The summed E-state index contributed by atoms with van der Waals surface area (Å²) in [6.07, 6.45) is 2.59. The average molecular weight is 200 g/mol. The second-order valence-electron chi connectivity index (χ2n) is 3.72. The molecule has 3 nitrogen and oxygen atoms in total. The fourth-order valence-electron chi connectivity index (χ4n) is 1.87. The second-order valence-corrected chi connectivity index (χ2v) is 3.72. The molecule has 0 spiro atoms. The monoisotopic (exact) mass is 200 g/mol. The van der Waals surface area contributed by atoms with Crippen molar-refractivity contribution in [1.29, 1.82) is 0 Å². The zero-order valence-corrected chi connectivity index (χ0v) is 8.36. The van der Waals surface area contributed by atoms with Gasteiger partial charge in [0, 0.05) is 18.4 Å². The molecule has 1 aromatic carbocycles. The second kappa shape index (κ2) is 3.42. The van der Waals surface area contributed by atoms with Crippen LogP contribution in [0.4, 0.5) is 0 Å². The van der Waals surface area contributed by atoms with Gasteiger partial charge in [0.1, 0.15) is 11.4 Å². The minimum Gasteiger partial charge on any atom is -0.464 e. The third-order valence-electron chi connectivity index (χ3n) is 2.64. The lowest BCUT2D eigenvalue weighted by Crippen LogP contribution is -2.20. The maximum Gasteiger partial charge on any atom is 0.134 e. The fourth-order valence-corrected chi connectivity index (χ4v) is 1.87. The van der Waals surface area contributed by atoms with Gasteiger partial charge in [-0.3, -0.25) is 4.99 Å². The van der Waals surface area contributed by atoms with Crippen LogP contribution in [0.1, 0.15) is 5.56 Å². The standard InChI is InChI=1S/C12H12N2O/c1-2-10-3-6-15-11(10)7-9(1)8-12-13-4-5-14-12/h1-3,6-7H,4-5,8H2,(H,13,14). The van der Waals surface area contributed by atoms with Gasteiger partial charge in [-0.15, -0.1) is 0 Å². The molecule has 15 heavy (non-hydrogen) atoms. The van der Waals surface area contributed by atoms with Crippen molar-refractivity contribution in [3.8, 4) is 0 Å². The van der Waals surface area contributed by atoms with Crippen molar-refractivity contribution in [1.82, 2.24) is 5.32 Å². The zero-order valence-electron chi connectivity index (χ0n) is 8.36. The molecule has 0 saturated carbocycles. The van der Waals surface area contributed by atoms with Gasteiger partial charge in [-0.2, -0.15) is 0 Å². The largest absolute Gasteiger partial charge is 0.464 e. The van der Waals surface area contributed by atoms with Gasteiger partial charge < -0.3 is 9.73 Å². The van der Waals surface area contributed by atoms with Gasteiger partial charge in [0.2, 0.25) is 0 Å². The Morgan fingerprint density at radius 1 is 1.33 bits per heavy atom. The lowest BCUT2D eigenvalue weighted by molar-refractivity contribution is 0.615. The Kier molecular flexibility index (Phi) is 1.95. The number of fused-ring (bicyclic) bond motifs is 1. The molecule has 3 heteroatoms. The van der Waals surface area contributed by atoms with E-state index < -0.39 is 0 Å². The van der Waals surface area contributed by atoms with E-state index in [0.29, 0.717) is 0 Å². The first-order chi connectivity index (χ1) is 7.42. The van der Waals surface area contributed by atoms with Crippen molar-refractivity contribution < 1.29 is 4.42 Å². The minimum atomic E-state index is 0.872. The van der Waals surface area contributed by atoms with Crippen LogP contribution in [0, 0.1) is 0 Å². The molecular weight excluding hydrogens is 188 g/mol. The molecule has 0 aliphatic carbocycles. The fraction of sp³-hybridized carbons (Fsp3) is 0.250. The number of benzene rings is 1. The van der Waals surface area contributed by atoms with E-state index in [9.17, 15) is 0 Å². The lowest BCUT2D eigenvalue weighted by Gasteiger charge is -2.02. The summed E-state index contributed by atoms with van der Waals surface area (Å²) in [5.41, 5.74) is 2.19. The lowest BCUT2D eigenvalue weighted by atomic mass is 10.1. The van der Waals surface area contributed by atoms with E-state index in [0.717, 1.165) is 36.3 Å². The van der Waals surface area contributed by atoms with E-state index in [1.165, 1.54) is 5.56 Å². The predicted molar refractivity (Wildman–Crippen MR) is 60.2 cm³/mol. The molecule has 0 fully saturated rings. The number of furan rings is 1. The zero-order chi connectivity index (χ0) is 10.1. The highest BCUT2D eigenvalue weighted by molar-refractivity contribution is 5.87. The number of aliphatic imine (C=N–C) groups is 1. The van der Waals surface area contributed by atoms with E-state index in [2.05, 4.69) is 28.5 Å². The Morgan fingerprint density at radius 3 is 3.20 bits per heavy atom. The SMILES string of the molecule is c1cc2ccc(CC3=NCCN3)cc2o1. The van der Waals surface area contributed by atoms with Gasteiger partial charge >= 0.3 is 0 Å². The molecule has 1 aliphatic rings. The van der Waals surface area contributed by atoms with Crippen LogP contribution in [0.15, 0.2) is 39.9 Å². The first-order valence-corrected chi connectivity index (χ1v) is 5.15. The van der Waals surface area contributed by atoms with Crippen molar-refractivity contribution in [2.45, 2.75) is 6.42 Å². The number of hydrogen-bond donors (Lipinski definition) is 1. The van der Waals surface area contributed by atoms with E-state index >= 15 is 0 Å². The van der Waals surface area contributed by atoms with Crippen LogP contribution in [0.3, 0.4) is 0 Å². The number of nitrogens with zero attached hydrogens (tertiary/aromatic N) is 1. The highest BCUT2D eigenvalue weighted by Gasteiger charge is 2.06. The van der Waals surface area contributed by atoms with Crippen LogP contribution in [-0.2, 0) is 6.42 Å². The molecule has 3 rings (SSSR count). The number of amidine groups is 1. The molecule has 0 bridgehead atoms. The molecule has 2 aromatic rings. The Labute approximate surface area is 87.8 Å². The van der Waals surface area contributed by atoms with Crippen molar-refractivity contribution >= 4 is 16.8 Å². The summed E-state index contributed by atoms with van der Waals surface area (Å²) in [6, 6.07) is 8.27. The molecule has 2 heterocycles. The molecule has 1 aliphatic heterocycles. The van der Waals surface area contributed by atoms with Crippen LogP contribution in [0.25, 0.3) is 11.0 Å². The van der Waals surface area contributed by atoms with Crippen LogP contribution >= 0.6 is 0 Å². The smallest absolute Gasteiger partial charge is 0.134 e. The maximum atomic E-state index is 5.36. The molecule has 0 unspecified atom stereocenters. The summed E-state index contributed by atoms with van der Waals surface area (Å²) in [5.74, 6) is 1.08. The molecule has 1 N–H and O–H groups in total. The minimum absolute atomic E-state index is 0.872. The summed E-state index contributed by atoms with van der Waals surface area (Å²) in [5, 5.41) is 4.42. The van der Waals surface area contributed by atoms with E-state index in [-0.39, 0.29) is 0 Å². The van der Waals surface area contributed by atoms with Gasteiger partial charge in [-0.05, 0) is 17.7 Å². The Bertz CT molecular complexity index is 513. The Hall–Kier alpha value is -1.77. The molecule has 0 atom stereocenters. The van der Waals surface area contributed by atoms with Crippen molar-refractivity contribution in [2.75, 3.05) is 13.1 Å². The van der Waals surface area contributed by atoms with Crippen LogP contribution in [-0.4, -0.2) is 18.9 Å². The normalized spacial score (nSPS) is 15.3. The predicted octanol–water partition coefficient (Wildman–Crippen LogP) is 1.98. The Morgan fingerprint density at radius 2 is 2.33 bits per heavy atom.